The van der Waals surface area contributed by atoms with Gasteiger partial charge in [-0.05, 0) is 48.0 Å². The molecule has 3 N–H and O–H groups in total. The first-order chi connectivity index (χ1) is 18.5. The Balaban J connectivity index is 1.62. The second-order valence-electron chi connectivity index (χ2n) is 8.74. The highest BCUT2D eigenvalue weighted by Gasteiger charge is 2.53. The van der Waals surface area contributed by atoms with Crippen LogP contribution in [-0.4, -0.2) is 35.7 Å². The summed E-state index contributed by atoms with van der Waals surface area (Å²) in [6, 6.07) is 22.3. The van der Waals surface area contributed by atoms with Crippen molar-refractivity contribution < 1.29 is 19.4 Å². The minimum absolute atomic E-state index is 0.0700. The Labute approximate surface area is 235 Å². The Kier molecular flexibility index (Phi) is 9.58. The van der Waals surface area contributed by atoms with Crippen molar-refractivity contribution >= 4 is 39.3 Å². The Hall–Kier alpha value is -3.17. The summed E-state index contributed by atoms with van der Waals surface area (Å²) in [4.78, 5) is 18.7. The summed E-state index contributed by atoms with van der Waals surface area (Å²) in [7, 11) is 0. The topological polar surface area (TPSA) is 92.2 Å². The molecule has 1 aliphatic heterocycles. The van der Waals surface area contributed by atoms with Crippen LogP contribution in [0.5, 0.6) is 5.75 Å². The molecular weight excluding hydrogens is 570 g/mol. The van der Waals surface area contributed by atoms with Crippen molar-refractivity contribution in [1.82, 2.24) is 10.9 Å². The molecule has 0 aliphatic carbocycles. The lowest BCUT2D eigenvalue weighted by molar-refractivity contribution is -0.129. The van der Waals surface area contributed by atoms with Gasteiger partial charge in [0.15, 0.2) is 11.6 Å². The van der Waals surface area contributed by atoms with Crippen LogP contribution in [-0.2, 0) is 16.1 Å². The number of hydrogen-bond donors (Lipinski definition) is 3. The Morgan fingerprint density at radius 1 is 1.18 bits per heavy atom. The van der Waals surface area contributed by atoms with E-state index in [0.717, 1.165) is 15.6 Å². The number of ether oxygens (including phenoxy) is 2. The van der Waals surface area contributed by atoms with Gasteiger partial charge in [-0.25, -0.2) is 10.4 Å². The zero-order valence-corrected chi connectivity index (χ0v) is 23.0. The van der Waals surface area contributed by atoms with Gasteiger partial charge in [0.1, 0.15) is 5.75 Å². The number of carbonyl (C=O) groups is 1. The number of aliphatic imine (C=N–C) groups is 1. The van der Waals surface area contributed by atoms with Crippen molar-refractivity contribution in [1.29, 1.82) is 0 Å². The molecule has 4 rings (SSSR count). The smallest absolute Gasteiger partial charge is 0.266 e. The zero-order valence-electron chi connectivity index (χ0n) is 20.7. The summed E-state index contributed by atoms with van der Waals surface area (Å²) in [5.74, 6) is 0.669. The maximum absolute atomic E-state index is 13.8. The summed E-state index contributed by atoms with van der Waals surface area (Å²) in [6.07, 6.45) is 1.76. The first-order valence-electron chi connectivity index (χ1n) is 12.2. The third kappa shape index (κ3) is 6.45. The van der Waals surface area contributed by atoms with Crippen molar-refractivity contribution in [2.75, 3.05) is 13.2 Å². The molecule has 3 aromatic rings. The molecule has 0 saturated heterocycles. The molecule has 0 bridgehead atoms. The molecule has 1 aliphatic rings. The van der Waals surface area contributed by atoms with Crippen LogP contribution in [0.2, 0.25) is 5.02 Å². The third-order valence-corrected chi connectivity index (χ3v) is 7.01. The van der Waals surface area contributed by atoms with Crippen molar-refractivity contribution in [2.45, 2.75) is 31.0 Å². The molecule has 7 nitrogen and oxygen atoms in total. The van der Waals surface area contributed by atoms with E-state index >= 15 is 0 Å². The van der Waals surface area contributed by atoms with Crippen LogP contribution in [0.25, 0.3) is 0 Å². The monoisotopic (exact) mass is 597 g/mol. The molecule has 0 unspecified atom stereocenters. The Bertz CT molecular complexity index is 1300. The lowest BCUT2D eigenvalue weighted by Gasteiger charge is -2.30. The molecule has 198 valence electrons. The predicted molar refractivity (Wildman–Crippen MR) is 152 cm³/mol. The summed E-state index contributed by atoms with van der Waals surface area (Å²) in [5.41, 5.74) is 6.94. The summed E-state index contributed by atoms with van der Waals surface area (Å²) >= 11 is 9.70. The summed E-state index contributed by atoms with van der Waals surface area (Å²) < 4.78 is 12.9. The first-order valence-corrected chi connectivity index (χ1v) is 13.4. The SMILES string of the molecule is C=CC[C@]1(C(=O)NNCc2cccc(Cl)c2)N=C(c2ccc(OCCCO)cc2)O[C@H]1c1ccccc1Br. The highest BCUT2D eigenvalue weighted by Crippen LogP contribution is 2.44. The lowest BCUT2D eigenvalue weighted by Crippen LogP contribution is -2.52. The van der Waals surface area contributed by atoms with Gasteiger partial charge in [0, 0.05) is 46.6 Å². The second-order valence-corrected chi connectivity index (χ2v) is 10.0. The average Bonchev–Trinajstić information content (AvgIpc) is 3.30. The van der Waals surface area contributed by atoms with Gasteiger partial charge in [-0.15, -0.1) is 6.58 Å². The van der Waals surface area contributed by atoms with Gasteiger partial charge in [0.05, 0.1) is 6.61 Å². The van der Waals surface area contributed by atoms with Crippen molar-refractivity contribution in [3.05, 3.63) is 112 Å². The van der Waals surface area contributed by atoms with Gasteiger partial charge in [-0.1, -0.05) is 63.9 Å². The number of hydrogen-bond acceptors (Lipinski definition) is 6. The highest BCUT2D eigenvalue weighted by atomic mass is 79.9. The Morgan fingerprint density at radius 2 is 1.97 bits per heavy atom. The molecule has 1 amide bonds. The van der Waals surface area contributed by atoms with Gasteiger partial charge in [0.25, 0.3) is 5.91 Å². The van der Waals surface area contributed by atoms with Gasteiger partial charge < -0.3 is 14.6 Å². The minimum Gasteiger partial charge on any atom is -0.494 e. The van der Waals surface area contributed by atoms with E-state index in [-0.39, 0.29) is 18.9 Å². The van der Waals surface area contributed by atoms with E-state index in [0.29, 0.717) is 41.8 Å². The number of benzene rings is 3. The number of aliphatic hydroxyl groups is 1. The van der Waals surface area contributed by atoms with Crippen LogP contribution >= 0.6 is 27.5 Å². The predicted octanol–water partition coefficient (Wildman–Crippen LogP) is 5.52. The van der Waals surface area contributed by atoms with Crippen LogP contribution < -0.4 is 15.6 Å². The number of aliphatic hydroxyl groups excluding tert-OH is 1. The second kappa shape index (κ2) is 13.1. The van der Waals surface area contributed by atoms with E-state index in [2.05, 4.69) is 33.4 Å². The fraction of sp³-hybridized carbons (Fsp3) is 0.241. The standard InChI is InChI=1S/C29H29BrClN3O4/c1-2-15-29(28(36)34-32-19-20-7-5-8-22(31)18-20)26(24-9-3-4-10-25(24)30)38-27(33-29)21-11-13-23(14-12-21)37-17-6-16-35/h2-5,7-14,18,26,32,35H,1,6,15-17,19H2,(H,34,36)/t26-,29-/m0/s1. The molecule has 0 radical (unpaired) electrons. The molecule has 2 atom stereocenters. The van der Waals surface area contributed by atoms with Crippen LogP contribution in [0.3, 0.4) is 0 Å². The third-order valence-electron chi connectivity index (χ3n) is 6.06. The van der Waals surface area contributed by atoms with Crippen LogP contribution in [0.15, 0.2) is 94.9 Å². The molecular formula is C29H29BrClN3O4. The van der Waals surface area contributed by atoms with Gasteiger partial charge in [-0.2, -0.15) is 0 Å². The summed E-state index contributed by atoms with van der Waals surface area (Å²) in [5, 5.41) is 9.59. The molecule has 0 saturated carbocycles. The van der Waals surface area contributed by atoms with Crippen LogP contribution in [0.4, 0.5) is 0 Å². The fourth-order valence-electron chi connectivity index (χ4n) is 4.18. The molecule has 0 spiro atoms. The number of hydrazine groups is 1. The molecule has 38 heavy (non-hydrogen) atoms. The highest BCUT2D eigenvalue weighted by molar-refractivity contribution is 9.10. The number of halogens is 2. The average molecular weight is 599 g/mol. The quantitative estimate of drug-likeness (QED) is 0.145. The largest absolute Gasteiger partial charge is 0.494 e. The van der Waals surface area contributed by atoms with E-state index < -0.39 is 11.6 Å². The fourth-order valence-corrected chi connectivity index (χ4v) is 4.89. The van der Waals surface area contributed by atoms with Crippen molar-refractivity contribution in [2.24, 2.45) is 4.99 Å². The number of rotatable bonds is 12. The van der Waals surface area contributed by atoms with Gasteiger partial charge in [0.2, 0.25) is 5.90 Å². The number of carbonyl (C=O) groups excluding carboxylic acids is 1. The van der Waals surface area contributed by atoms with Crippen LogP contribution in [0.1, 0.15) is 35.6 Å². The molecule has 9 heteroatoms. The van der Waals surface area contributed by atoms with E-state index in [4.69, 9.17) is 31.2 Å². The van der Waals surface area contributed by atoms with E-state index in [1.807, 2.05) is 66.7 Å². The number of amides is 1. The summed E-state index contributed by atoms with van der Waals surface area (Å²) in [6.45, 7) is 4.77. The van der Waals surface area contributed by atoms with E-state index in [1.165, 1.54) is 0 Å². The number of nitrogens with one attached hydrogen (secondary N) is 2. The van der Waals surface area contributed by atoms with Gasteiger partial charge in [-0.3, -0.25) is 10.2 Å². The molecule has 1 heterocycles. The molecule has 0 aromatic heterocycles. The maximum atomic E-state index is 13.8. The molecule has 3 aromatic carbocycles. The van der Waals surface area contributed by atoms with Crippen molar-refractivity contribution in [3.8, 4) is 5.75 Å². The lowest BCUT2D eigenvalue weighted by atomic mass is 9.84. The van der Waals surface area contributed by atoms with E-state index in [1.54, 1.807) is 12.1 Å². The Morgan fingerprint density at radius 3 is 2.68 bits per heavy atom. The zero-order chi connectivity index (χ0) is 27.0. The normalized spacial score (nSPS) is 18.4. The minimum atomic E-state index is -1.31. The first kappa shape index (κ1) is 27.9. The van der Waals surface area contributed by atoms with Crippen LogP contribution in [0, 0.1) is 0 Å². The van der Waals surface area contributed by atoms with Gasteiger partial charge >= 0.3 is 0 Å². The molecule has 0 fully saturated rings. The maximum Gasteiger partial charge on any atom is 0.266 e. The number of nitrogens with zero attached hydrogens (tertiary/aromatic N) is 1. The van der Waals surface area contributed by atoms with E-state index in [9.17, 15) is 4.79 Å². The van der Waals surface area contributed by atoms with Crippen molar-refractivity contribution in [3.63, 3.8) is 0 Å².